The second kappa shape index (κ2) is 5.84. The van der Waals surface area contributed by atoms with Crippen molar-refractivity contribution in [2.75, 3.05) is 0 Å². The number of rotatable bonds is 4. The van der Waals surface area contributed by atoms with E-state index in [9.17, 15) is 4.79 Å². The van der Waals surface area contributed by atoms with E-state index in [1.165, 1.54) is 11.1 Å². The van der Waals surface area contributed by atoms with Gasteiger partial charge in [0.1, 0.15) is 5.82 Å². The first-order valence-corrected chi connectivity index (χ1v) is 8.58. The first-order chi connectivity index (χ1) is 11.2. The van der Waals surface area contributed by atoms with Crippen LogP contribution in [0.25, 0.3) is 0 Å². The van der Waals surface area contributed by atoms with E-state index in [1.54, 1.807) is 0 Å². The molecule has 0 saturated heterocycles. The molecule has 0 aliphatic heterocycles. The van der Waals surface area contributed by atoms with Crippen molar-refractivity contribution in [3.8, 4) is 0 Å². The summed E-state index contributed by atoms with van der Waals surface area (Å²) in [6, 6.07) is 8.81. The van der Waals surface area contributed by atoms with E-state index in [0.29, 0.717) is 12.5 Å². The summed E-state index contributed by atoms with van der Waals surface area (Å²) in [5, 5.41) is 0. The lowest BCUT2D eigenvalue weighted by atomic mass is 9.86. The highest BCUT2D eigenvalue weighted by atomic mass is 16.2. The lowest BCUT2D eigenvalue weighted by molar-refractivity contribution is -0.136. The molecule has 1 amide bonds. The Morgan fingerprint density at radius 2 is 2.13 bits per heavy atom. The monoisotopic (exact) mass is 309 g/mol. The Balaban J connectivity index is 1.68. The first kappa shape index (κ1) is 14.5. The van der Waals surface area contributed by atoms with Gasteiger partial charge in [0.2, 0.25) is 5.91 Å². The third-order valence-corrected chi connectivity index (χ3v) is 5.16. The molecule has 4 rings (SSSR count). The molecule has 1 atom stereocenters. The molecule has 2 aliphatic carbocycles. The van der Waals surface area contributed by atoms with Crippen LogP contribution >= 0.6 is 0 Å². The van der Waals surface area contributed by atoms with Crippen molar-refractivity contribution in [2.24, 2.45) is 13.0 Å². The van der Waals surface area contributed by atoms with Gasteiger partial charge in [-0.25, -0.2) is 4.98 Å². The molecule has 0 radical (unpaired) electrons. The zero-order chi connectivity index (χ0) is 15.8. The van der Waals surface area contributed by atoms with E-state index in [2.05, 4.69) is 34.1 Å². The summed E-state index contributed by atoms with van der Waals surface area (Å²) in [6.45, 7) is 0.609. The van der Waals surface area contributed by atoms with Crippen molar-refractivity contribution in [3.63, 3.8) is 0 Å². The molecule has 4 heteroatoms. The van der Waals surface area contributed by atoms with Crippen molar-refractivity contribution in [1.82, 2.24) is 14.5 Å². The summed E-state index contributed by atoms with van der Waals surface area (Å²) < 4.78 is 2.02. The van der Waals surface area contributed by atoms with Crippen LogP contribution in [0.4, 0.5) is 0 Å². The Morgan fingerprint density at radius 1 is 1.30 bits per heavy atom. The molecule has 120 valence electrons. The van der Waals surface area contributed by atoms with Crippen LogP contribution in [-0.2, 0) is 24.8 Å². The van der Waals surface area contributed by atoms with Gasteiger partial charge in [-0.1, -0.05) is 24.3 Å². The van der Waals surface area contributed by atoms with Crippen LogP contribution in [0.3, 0.4) is 0 Å². The standard InChI is InChI=1S/C19H23N3O/c1-21-12-11-20-18(21)13-22(19(23)15-9-10-15)17-8-4-6-14-5-2-3-7-16(14)17/h2-3,5,7,11-12,15,17H,4,6,8-10,13H2,1H3. The Kier molecular flexibility index (Phi) is 3.68. The molecule has 0 N–H and O–H groups in total. The van der Waals surface area contributed by atoms with Gasteiger partial charge in [0.15, 0.2) is 0 Å². The average molecular weight is 309 g/mol. The molecule has 1 fully saturated rings. The molecule has 0 spiro atoms. The van der Waals surface area contributed by atoms with Gasteiger partial charge in [-0.2, -0.15) is 0 Å². The fraction of sp³-hybridized carbons (Fsp3) is 0.474. The summed E-state index contributed by atoms with van der Waals surface area (Å²) in [7, 11) is 2.00. The van der Waals surface area contributed by atoms with Gasteiger partial charge < -0.3 is 9.47 Å². The fourth-order valence-corrected chi connectivity index (χ4v) is 3.66. The summed E-state index contributed by atoms with van der Waals surface area (Å²) >= 11 is 0. The molecule has 1 unspecified atom stereocenters. The van der Waals surface area contributed by atoms with E-state index in [0.717, 1.165) is 37.9 Å². The number of nitrogens with zero attached hydrogens (tertiary/aromatic N) is 3. The number of hydrogen-bond donors (Lipinski definition) is 0. The molecule has 2 aliphatic rings. The minimum Gasteiger partial charge on any atom is -0.337 e. The van der Waals surface area contributed by atoms with Crippen LogP contribution in [0.1, 0.15) is 48.7 Å². The molecule has 0 bridgehead atoms. The van der Waals surface area contributed by atoms with Crippen LogP contribution in [0.5, 0.6) is 0 Å². The smallest absolute Gasteiger partial charge is 0.226 e. The van der Waals surface area contributed by atoms with Crippen molar-refractivity contribution in [3.05, 3.63) is 53.6 Å². The van der Waals surface area contributed by atoms with Crippen molar-refractivity contribution in [2.45, 2.75) is 44.7 Å². The Morgan fingerprint density at radius 3 is 2.87 bits per heavy atom. The summed E-state index contributed by atoms with van der Waals surface area (Å²) in [5.74, 6) is 1.51. The summed E-state index contributed by atoms with van der Waals surface area (Å²) in [6.07, 6.45) is 9.18. The molecule has 2 aromatic rings. The number of carbonyl (C=O) groups is 1. The Bertz CT molecular complexity index is 717. The normalized spacial score (nSPS) is 20.1. The molecule has 1 heterocycles. The lowest BCUT2D eigenvalue weighted by Crippen LogP contribution is -2.37. The molecule has 1 aromatic carbocycles. The largest absolute Gasteiger partial charge is 0.337 e. The zero-order valence-corrected chi connectivity index (χ0v) is 13.6. The predicted octanol–water partition coefficient (Wildman–Crippen LogP) is 3.24. The van der Waals surface area contributed by atoms with Gasteiger partial charge in [0.25, 0.3) is 0 Å². The molecule has 23 heavy (non-hydrogen) atoms. The SMILES string of the molecule is Cn1ccnc1CN(C(=O)C1CC1)C1CCCc2ccccc21. The number of fused-ring (bicyclic) bond motifs is 1. The van der Waals surface area contributed by atoms with Crippen molar-refractivity contribution < 1.29 is 4.79 Å². The molecule has 1 saturated carbocycles. The molecule has 4 nitrogen and oxygen atoms in total. The molecular formula is C19H23N3O. The van der Waals surface area contributed by atoms with Gasteiger partial charge in [-0.3, -0.25) is 4.79 Å². The minimum atomic E-state index is 0.199. The van der Waals surface area contributed by atoms with E-state index < -0.39 is 0 Å². The van der Waals surface area contributed by atoms with Gasteiger partial charge in [-0.15, -0.1) is 0 Å². The maximum Gasteiger partial charge on any atom is 0.226 e. The summed E-state index contributed by atoms with van der Waals surface area (Å²) in [5.41, 5.74) is 2.74. The van der Waals surface area contributed by atoms with Crippen LogP contribution in [0.2, 0.25) is 0 Å². The number of benzene rings is 1. The third-order valence-electron chi connectivity index (χ3n) is 5.16. The van der Waals surface area contributed by atoms with Gasteiger partial charge >= 0.3 is 0 Å². The van der Waals surface area contributed by atoms with Gasteiger partial charge in [0.05, 0.1) is 12.6 Å². The van der Waals surface area contributed by atoms with Crippen molar-refractivity contribution in [1.29, 1.82) is 0 Å². The fourth-order valence-electron chi connectivity index (χ4n) is 3.66. The van der Waals surface area contributed by atoms with E-state index >= 15 is 0 Å². The summed E-state index contributed by atoms with van der Waals surface area (Å²) in [4.78, 5) is 19.5. The van der Waals surface area contributed by atoms with E-state index in [1.807, 2.05) is 24.0 Å². The topological polar surface area (TPSA) is 38.1 Å². The number of imidazole rings is 1. The van der Waals surface area contributed by atoms with E-state index in [-0.39, 0.29) is 12.0 Å². The maximum atomic E-state index is 12.9. The van der Waals surface area contributed by atoms with Crippen molar-refractivity contribution >= 4 is 5.91 Å². The third kappa shape index (κ3) is 2.78. The lowest BCUT2D eigenvalue weighted by Gasteiger charge is -2.36. The van der Waals surface area contributed by atoms with Crippen LogP contribution in [0, 0.1) is 5.92 Å². The second-order valence-corrected chi connectivity index (χ2v) is 6.80. The van der Waals surface area contributed by atoms with Gasteiger partial charge in [-0.05, 0) is 43.2 Å². The quantitative estimate of drug-likeness (QED) is 0.869. The Hall–Kier alpha value is -2.10. The number of hydrogen-bond acceptors (Lipinski definition) is 2. The zero-order valence-electron chi connectivity index (χ0n) is 13.6. The second-order valence-electron chi connectivity index (χ2n) is 6.80. The molecule has 1 aromatic heterocycles. The van der Waals surface area contributed by atoms with Gasteiger partial charge in [0, 0.05) is 25.4 Å². The number of amides is 1. The average Bonchev–Trinajstić information content (AvgIpc) is 3.35. The highest BCUT2D eigenvalue weighted by Crippen LogP contribution is 2.39. The predicted molar refractivity (Wildman–Crippen MR) is 88.6 cm³/mol. The number of carbonyl (C=O) groups excluding carboxylic acids is 1. The van der Waals surface area contributed by atoms with Crippen LogP contribution in [0.15, 0.2) is 36.7 Å². The first-order valence-electron chi connectivity index (χ1n) is 8.58. The Labute approximate surface area is 137 Å². The van der Waals surface area contributed by atoms with Crippen LogP contribution in [-0.4, -0.2) is 20.4 Å². The number of aryl methyl sites for hydroxylation is 2. The minimum absolute atomic E-state index is 0.199. The van der Waals surface area contributed by atoms with Crippen LogP contribution < -0.4 is 0 Å². The maximum absolute atomic E-state index is 12.9. The highest BCUT2D eigenvalue weighted by molar-refractivity contribution is 5.81. The highest BCUT2D eigenvalue weighted by Gasteiger charge is 2.38. The van der Waals surface area contributed by atoms with E-state index in [4.69, 9.17) is 0 Å². The molecular weight excluding hydrogens is 286 g/mol. The number of aromatic nitrogens is 2.